The maximum atomic E-state index is 11.9. The number of amides is 1. The van der Waals surface area contributed by atoms with E-state index in [1.807, 2.05) is 0 Å². The minimum absolute atomic E-state index is 0.294. The van der Waals surface area contributed by atoms with Gasteiger partial charge in [0.2, 0.25) is 0 Å². The second-order valence-corrected chi connectivity index (χ2v) is 4.32. The monoisotopic (exact) mass is 306 g/mol. The van der Waals surface area contributed by atoms with Crippen LogP contribution >= 0.6 is 15.9 Å². The minimum atomic E-state index is -0.294. The van der Waals surface area contributed by atoms with Gasteiger partial charge >= 0.3 is 0 Å². The number of carbonyl (C=O) groups excluding carboxylic acids is 1. The molecule has 1 amide bonds. The molecule has 6 heteroatoms. The minimum Gasteiger partial charge on any atom is -0.387 e. The Hall–Kier alpha value is -1.95. The standard InChI is InChI=1S/C12H11BrN4O/c1-14-8-4-5-10(16-7-8)12(18)17-11-9(13)3-2-6-15-11/h2-7,14H,1H3,(H,15,17,18). The van der Waals surface area contributed by atoms with Gasteiger partial charge in [-0.05, 0) is 40.2 Å². The quantitative estimate of drug-likeness (QED) is 0.914. The number of carbonyl (C=O) groups is 1. The summed E-state index contributed by atoms with van der Waals surface area (Å²) in [5, 5.41) is 5.62. The number of aromatic nitrogens is 2. The van der Waals surface area contributed by atoms with Crippen LogP contribution in [0.1, 0.15) is 10.5 Å². The molecule has 0 aliphatic rings. The molecular formula is C12H11BrN4O. The Kier molecular flexibility index (Phi) is 3.88. The Balaban J connectivity index is 2.14. The summed E-state index contributed by atoms with van der Waals surface area (Å²) < 4.78 is 0.727. The molecule has 0 fully saturated rings. The summed E-state index contributed by atoms with van der Waals surface area (Å²) in [6, 6.07) is 7.02. The molecule has 0 bridgehead atoms. The van der Waals surface area contributed by atoms with Gasteiger partial charge in [0, 0.05) is 13.2 Å². The summed E-state index contributed by atoms with van der Waals surface area (Å²) in [6.45, 7) is 0. The number of hydrogen-bond donors (Lipinski definition) is 2. The Labute approximate surface area is 113 Å². The number of nitrogens with one attached hydrogen (secondary N) is 2. The van der Waals surface area contributed by atoms with Crippen molar-refractivity contribution in [3.8, 4) is 0 Å². The molecule has 92 valence electrons. The normalized spacial score (nSPS) is 9.89. The molecule has 2 N–H and O–H groups in total. The van der Waals surface area contributed by atoms with Gasteiger partial charge in [0.05, 0.1) is 16.4 Å². The molecule has 0 radical (unpaired) electrons. The zero-order chi connectivity index (χ0) is 13.0. The Morgan fingerprint density at radius 2 is 2.11 bits per heavy atom. The molecular weight excluding hydrogens is 296 g/mol. The van der Waals surface area contributed by atoms with Gasteiger partial charge < -0.3 is 10.6 Å². The van der Waals surface area contributed by atoms with E-state index in [-0.39, 0.29) is 5.91 Å². The second kappa shape index (κ2) is 5.59. The highest BCUT2D eigenvalue weighted by molar-refractivity contribution is 9.10. The molecule has 2 rings (SSSR count). The van der Waals surface area contributed by atoms with Crippen LogP contribution < -0.4 is 10.6 Å². The van der Waals surface area contributed by atoms with Gasteiger partial charge in [0.25, 0.3) is 5.91 Å². The summed E-state index contributed by atoms with van der Waals surface area (Å²) in [5.74, 6) is 0.180. The predicted molar refractivity (Wildman–Crippen MR) is 73.7 cm³/mol. The molecule has 2 heterocycles. The van der Waals surface area contributed by atoms with E-state index in [2.05, 4.69) is 36.5 Å². The molecule has 0 unspecified atom stereocenters. The zero-order valence-electron chi connectivity index (χ0n) is 9.64. The van der Waals surface area contributed by atoms with Gasteiger partial charge in [-0.3, -0.25) is 4.79 Å². The summed E-state index contributed by atoms with van der Waals surface area (Å²) in [4.78, 5) is 20.0. The highest BCUT2D eigenvalue weighted by Crippen LogP contribution is 2.18. The summed E-state index contributed by atoms with van der Waals surface area (Å²) >= 11 is 3.31. The first-order valence-corrected chi connectivity index (χ1v) is 6.05. The molecule has 2 aromatic rings. The Morgan fingerprint density at radius 3 is 2.72 bits per heavy atom. The van der Waals surface area contributed by atoms with Crippen molar-refractivity contribution in [3.63, 3.8) is 0 Å². The fourth-order valence-electron chi connectivity index (χ4n) is 1.33. The molecule has 0 aliphatic carbocycles. The van der Waals surface area contributed by atoms with Crippen LogP contribution in [-0.2, 0) is 0 Å². The molecule has 0 spiro atoms. The van der Waals surface area contributed by atoms with Crippen LogP contribution in [0.5, 0.6) is 0 Å². The van der Waals surface area contributed by atoms with Crippen molar-refractivity contribution in [2.24, 2.45) is 0 Å². The fraction of sp³-hybridized carbons (Fsp3) is 0.0833. The third-order valence-corrected chi connectivity index (χ3v) is 2.92. The smallest absolute Gasteiger partial charge is 0.275 e. The first-order valence-electron chi connectivity index (χ1n) is 5.26. The average molecular weight is 307 g/mol. The van der Waals surface area contributed by atoms with Crippen LogP contribution in [0.15, 0.2) is 41.1 Å². The number of anilines is 2. The van der Waals surface area contributed by atoms with Crippen molar-refractivity contribution in [1.29, 1.82) is 0 Å². The number of rotatable bonds is 3. The van der Waals surface area contributed by atoms with Crippen LogP contribution in [-0.4, -0.2) is 22.9 Å². The van der Waals surface area contributed by atoms with Gasteiger partial charge in [0.1, 0.15) is 11.5 Å². The second-order valence-electron chi connectivity index (χ2n) is 3.47. The number of hydrogen-bond acceptors (Lipinski definition) is 4. The van der Waals surface area contributed by atoms with Gasteiger partial charge in [-0.1, -0.05) is 0 Å². The lowest BCUT2D eigenvalue weighted by atomic mass is 10.3. The highest BCUT2D eigenvalue weighted by Gasteiger charge is 2.09. The highest BCUT2D eigenvalue weighted by atomic mass is 79.9. The first-order chi connectivity index (χ1) is 8.70. The molecule has 2 aromatic heterocycles. The van der Waals surface area contributed by atoms with Crippen molar-refractivity contribution in [3.05, 3.63) is 46.8 Å². The van der Waals surface area contributed by atoms with E-state index in [9.17, 15) is 4.79 Å². The third-order valence-electron chi connectivity index (χ3n) is 2.28. The molecule has 0 saturated carbocycles. The maximum Gasteiger partial charge on any atom is 0.275 e. The van der Waals surface area contributed by atoms with E-state index >= 15 is 0 Å². The first kappa shape index (κ1) is 12.5. The van der Waals surface area contributed by atoms with Gasteiger partial charge in [-0.15, -0.1) is 0 Å². The molecule has 0 saturated heterocycles. The lowest BCUT2D eigenvalue weighted by molar-refractivity contribution is 0.102. The zero-order valence-corrected chi connectivity index (χ0v) is 11.2. The molecule has 18 heavy (non-hydrogen) atoms. The van der Waals surface area contributed by atoms with E-state index in [0.717, 1.165) is 10.2 Å². The topological polar surface area (TPSA) is 66.9 Å². The van der Waals surface area contributed by atoms with E-state index in [1.165, 1.54) is 0 Å². The Bertz CT molecular complexity index is 556. The third kappa shape index (κ3) is 2.84. The van der Waals surface area contributed by atoms with Crippen LogP contribution in [0, 0.1) is 0 Å². The summed E-state index contributed by atoms with van der Waals surface area (Å²) in [5.41, 5.74) is 1.19. The molecule has 5 nitrogen and oxygen atoms in total. The SMILES string of the molecule is CNc1ccc(C(=O)Nc2ncccc2Br)nc1. The van der Waals surface area contributed by atoms with Crippen LogP contribution in [0.25, 0.3) is 0 Å². The van der Waals surface area contributed by atoms with Gasteiger partial charge in [-0.25, -0.2) is 9.97 Å². The largest absolute Gasteiger partial charge is 0.387 e. The Morgan fingerprint density at radius 1 is 1.28 bits per heavy atom. The van der Waals surface area contributed by atoms with Crippen molar-refractivity contribution in [1.82, 2.24) is 9.97 Å². The number of pyridine rings is 2. The maximum absolute atomic E-state index is 11.9. The molecule has 0 aliphatic heterocycles. The predicted octanol–water partition coefficient (Wildman–Crippen LogP) is 2.53. The van der Waals surface area contributed by atoms with Crippen LogP contribution in [0.4, 0.5) is 11.5 Å². The van der Waals surface area contributed by atoms with Crippen LogP contribution in [0.2, 0.25) is 0 Å². The van der Waals surface area contributed by atoms with Crippen molar-refractivity contribution < 1.29 is 4.79 Å². The van der Waals surface area contributed by atoms with Crippen molar-refractivity contribution in [2.75, 3.05) is 17.7 Å². The van der Waals surface area contributed by atoms with Gasteiger partial charge in [-0.2, -0.15) is 0 Å². The van der Waals surface area contributed by atoms with E-state index < -0.39 is 0 Å². The summed E-state index contributed by atoms with van der Waals surface area (Å²) in [6.07, 6.45) is 3.21. The summed E-state index contributed by atoms with van der Waals surface area (Å²) in [7, 11) is 1.79. The fourth-order valence-corrected chi connectivity index (χ4v) is 1.68. The lowest BCUT2D eigenvalue weighted by Crippen LogP contribution is -2.14. The molecule has 0 aromatic carbocycles. The number of nitrogens with zero attached hydrogens (tertiary/aromatic N) is 2. The number of halogens is 1. The van der Waals surface area contributed by atoms with Crippen molar-refractivity contribution in [2.45, 2.75) is 0 Å². The van der Waals surface area contributed by atoms with E-state index in [0.29, 0.717) is 11.5 Å². The lowest BCUT2D eigenvalue weighted by Gasteiger charge is -2.06. The average Bonchev–Trinajstić information content (AvgIpc) is 2.41. The molecule has 0 atom stereocenters. The van der Waals surface area contributed by atoms with E-state index in [1.54, 1.807) is 43.7 Å². The van der Waals surface area contributed by atoms with Gasteiger partial charge in [0.15, 0.2) is 0 Å². The van der Waals surface area contributed by atoms with Crippen LogP contribution in [0.3, 0.4) is 0 Å². The van der Waals surface area contributed by atoms with Crippen molar-refractivity contribution >= 4 is 33.3 Å². The van der Waals surface area contributed by atoms with E-state index in [4.69, 9.17) is 0 Å².